The molecule has 27 heavy (non-hydrogen) atoms. The van der Waals surface area contributed by atoms with Crippen LogP contribution in [0.15, 0.2) is 42.5 Å². The normalized spacial score (nSPS) is 18.3. The number of benzene rings is 2. The standard InChI is InChI=1S/C22H27NO4/c1-4-27-20-14-16(11-12-19(20)26-3)21(17-9-6-5-8-15(17)2)23-13-7-10-18(23)22(24)25/h5-6,8-9,11-12,14,18,21H,4,7,10,13H2,1-3H3,(H,24,25). The van der Waals surface area contributed by atoms with Crippen molar-refractivity contribution in [3.63, 3.8) is 0 Å². The van der Waals surface area contributed by atoms with Gasteiger partial charge in [0.1, 0.15) is 6.04 Å². The third kappa shape index (κ3) is 3.93. The molecule has 0 aromatic heterocycles. The number of nitrogens with zero attached hydrogens (tertiary/aromatic N) is 1. The van der Waals surface area contributed by atoms with Crippen molar-refractivity contribution in [1.82, 2.24) is 4.90 Å². The highest BCUT2D eigenvalue weighted by molar-refractivity contribution is 5.74. The molecule has 2 unspecified atom stereocenters. The molecule has 1 aliphatic rings. The van der Waals surface area contributed by atoms with E-state index in [2.05, 4.69) is 24.0 Å². The molecular formula is C22H27NO4. The highest BCUT2D eigenvalue weighted by Crippen LogP contribution is 2.39. The molecular weight excluding hydrogens is 342 g/mol. The third-order valence-corrected chi connectivity index (χ3v) is 5.20. The minimum absolute atomic E-state index is 0.139. The summed E-state index contributed by atoms with van der Waals surface area (Å²) < 4.78 is 11.2. The Morgan fingerprint density at radius 1 is 1.26 bits per heavy atom. The fourth-order valence-electron chi connectivity index (χ4n) is 3.94. The topological polar surface area (TPSA) is 59.0 Å². The van der Waals surface area contributed by atoms with E-state index in [4.69, 9.17) is 9.47 Å². The van der Waals surface area contributed by atoms with E-state index in [9.17, 15) is 9.90 Å². The average molecular weight is 369 g/mol. The molecule has 0 aliphatic carbocycles. The van der Waals surface area contributed by atoms with Crippen molar-refractivity contribution in [1.29, 1.82) is 0 Å². The minimum Gasteiger partial charge on any atom is -0.493 e. The Hall–Kier alpha value is -2.53. The van der Waals surface area contributed by atoms with Crippen molar-refractivity contribution < 1.29 is 19.4 Å². The fraction of sp³-hybridized carbons (Fsp3) is 0.409. The monoisotopic (exact) mass is 369 g/mol. The zero-order valence-electron chi connectivity index (χ0n) is 16.1. The molecule has 1 heterocycles. The molecule has 2 atom stereocenters. The molecule has 1 fully saturated rings. The zero-order chi connectivity index (χ0) is 19.4. The predicted molar refractivity (Wildman–Crippen MR) is 105 cm³/mol. The summed E-state index contributed by atoms with van der Waals surface area (Å²) in [5.41, 5.74) is 3.28. The second-order valence-corrected chi connectivity index (χ2v) is 6.84. The molecule has 2 aromatic carbocycles. The molecule has 5 nitrogen and oxygen atoms in total. The highest BCUT2D eigenvalue weighted by atomic mass is 16.5. The van der Waals surface area contributed by atoms with Crippen molar-refractivity contribution in [3.8, 4) is 11.5 Å². The van der Waals surface area contributed by atoms with Gasteiger partial charge in [-0.15, -0.1) is 0 Å². The lowest BCUT2D eigenvalue weighted by atomic mass is 9.92. The van der Waals surface area contributed by atoms with E-state index in [0.717, 1.165) is 29.7 Å². The van der Waals surface area contributed by atoms with Crippen molar-refractivity contribution >= 4 is 5.97 Å². The van der Waals surface area contributed by atoms with E-state index < -0.39 is 12.0 Å². The maximum Gasteiger partial charge on any atom is 0.320 e. The number of methoxy groups -OCH3 is 1. The van der Waals surface area contributed by atoms with Crippen molar-refractivity contribution in [2.45, 2.75) is 38.8 Å². The summed E-state index contributed by atoms with van der Waals surface area (Å²) in [7, 11) is 1.62. The summed E-state index contributed by atoms with van der Waals surface area (Å²) in [5, 5.41) is 9.73. The Morgan fingerprint density at radius 3 is 2.70 bits per heavy atom. The first-order valence-corrected chi connectivity index (χ1v) is 9.41. The smallest absolute Gasteiger partial charge is 0.320 e. The van der Waals surface area contributed by atoms with Crippen LogP contribution >= 0.6 is 0 Å². The van der Waals surface area contributed by atoms with E-state index in [0.29, 0.717) is 24.5 Å². The number of likely N-dealkylation sites (tertiary alicyclic amines) is 1. The van der Waals surface area contributed by atoms with Gasteiger partial charge in [-0.05, 0) is 55.5 Å². The van der Waals surface area contributed by atoms with E-state index in [1.165, 1.54) is 0 Å². The van der Waals surface area contributed by atoms with Crippen LogP contribution in [0.25, 0.3) is 0 Å². The molecule has 0 radical (unpaired) electrons. The van der Waals surface area contributed by atoms with Crippen LogP contribution in [0.5, 0.6) is 11.5 Å². The first-order chi connectivity index (χ1) is 13.1. The number of carboxylic acids is 1. The lowest BCUT2D eigenvalue weighted by molar-refractivity contribution is -0.142. The van der Waals surface area contributed by atoms with E-state index in [-0.39, 0.29) is 6.04 Å². The van der Waals surface area contributed by atoms with Gasteiger partial charge >= 0.3 is 5.97 Å². The molecule has 5 heteroatoms. The lowest BCUT2D eigenvalue weighted by Crippen LogP contribution is -2.39. The molecule has 1 N–H and O–H groups in total. The van der Waals surface area contributed by atoms with Gasteiger partial charge in [0.15, 0.2) is 11.5 Å². The van der Waals surface area contributed by atoms with Crippen LogP contribution < -0.4 is 9.47 Å². The van der Waals surface area contributed by atoms with Crippen LogP contribution in [0.2, 0.25) is 0 Å². The maximum atomic E-state index is 11.8. The summed E-state index contributed by atoms with van der Waals surface area (Å²) >= 11 is 0. The summed E-state index contributed by atoms with van der Waals surface area (Å²) in [6.07, 6.45) is 1.56. The van der Waals surface area contributed by atoms with Crippen LogP contribution in [0, 0.1) is 6.92 Å². The molecule has 0 bridgehead atoms. The summed E-state index contributed by atoms with van der Waals surface area (Å²) in [4.78, 5) is 13.9. The largest absolute Gasteiger partial charge is 0.493 e. The number of carboxylic acid groups (broad SMARTS) is 1. The fourth-order valence-corrected chi connectivity index (χ4v) is 3.94. The van der Waals surface area contributed by atoms with Gasteiger partial charge in [0.2, 0.25) is 0 Å². The number of rotatable bonds is 7. The Bertz CT molecular complexity index is 805. The zero-order valence-corrected chi connectivity index (χ0v) is 16.1. The van der Waals surface area contributed by atoms with Crippen LogP contribution in [0.4, 0.5) is 0 Å². The quantitative estimate of drug-likeness (QED) is 0.798. The number of aliphatic carboxylic acids is 1. The molecule has 1 saturated heterocycles. The maximum absolute atomic E-state index is 11.8. The molecule has 144 valence electrons. The number of carbonyl (C=O) groups is 1. The van der Waals surface area contributed by atoms with Crippen LogP contribution in [-0.4, -0.2) is 42.3 Å². The average Bonchev–Trinajstić information content (AvgIpc) is 3.14. The molecule has 0 spiro atoms. The third-order valence-electron chi connectivity index (χ3n) is 5.20. The first-order valence-electron chi connectivity index (χ1n) is 9.41. The Kier molecular flexibility index (Phi) is 6.01. The SMILES string of the molecule is CCOc1cc(C(c2ccccc2C)N2CCCC2C(=O)O)ccc1OC. The van der Waals surface area contributed by atoms with Gasteiger partial charge in [0.05, 0.1) is 19.8 Å². The molecule has 3 rings (SSSR count). The Morgan fingerprint density at radius 2 is 2.04 bits per heavy atom. The van der Waals surface area contributed by atoms with Gasteiger partial charge in [-0.1, -0.05) is 30.3 Å². The van der Waals surface area contributed by atoms with Crippen molar-refractivity contribution in [2.24, 2.45) is 0 Å². The predicted octanol–water partition coefficient (Wildman–Crippen LogP) is 4.04. The second kappa shape index (κ2) is 8.44. The minimum atomic E-state index is -0.760. The molecule has 1 aliphatic heterocycles. The number of aryl methyl sites for hydroxylation is 1. The summed E-state index contributed by atoms with van der Waals surface area (Å²) in [6, 6.07) is 13.4. The summed E-state index contributed by atoms with van der Waals surface area (Å²) in [6.45, 7) is 5.30. The van der Waals surface area contributed by atoms with Gasteiger partial charge < -0.3 is 14.6 Å². The molecule has 0 saturated carbocycles. The highest BCUT2D eigenvalue weighted by Gasteiger charge is 2.37. The van der Waals surface area contributed by atoms with Crippen molar-refractivity contribution in [3.05, 3.63) is 59.2 Å². The van der Waals surface area contributed by atoms with Crippen LogP contribution in [0.1, 0.15) is 42.5 Å². The molecule has 0 amide bonds. The van der Waals surface area contributed by atoms with E-state index in [1.54, 1.807) is 7.11 Å². The summed E-state index contributed by atoms with van der Waals surface area (Å²) in [5.74, 6) is 0.604. The molecule has 2 aromatic rings. The Labute approximate surface area is 160 Å². The van der Waals surface area contributed by atoms with E-state index in [1.807, 2.05) is 37.3 Å². The van der Waals surface area contributed by atoms with E-state index >= 15 is 0 Å². The van der Waals surface area contributed by atoms with Gasteiger partial charge in [-0.2, -0.15) is 0 Å². The van der Waals surface area contributed by atoms with Crippen molar-refractivity contribution in [2.75, 3.05) is 20.3 Å². The van der Waals surface area contributed by atoms with Gasteiger partial charge in [-0.3, -0.25) is 9.69 Å². The van der Waals surface area contributed by atoms with Gasteiger partial charge in [0, 0.05) is 6.54 Å². The number of ether oxygens (including phenoxy) is 2. The van der Waals surface area contributed by atoms with Crippen LogP contribution in [0.3, 0.4) is 0 Å². The van der Waals surface area contributed by atoms with Gasteiger partial charge in [-0.25, -0.2) is 0 Å². The number of hydrogen-bond donors (Lipinski definition) is 1. The lowest BCUT2D eigenvalue weighted by Gasteiger charge is -2.33. The van der Waals surface area contributed by atoms with Crippen LogP contribution in [-0.2, 0) is 4.79 Å². The number of hydrogen-bond acceptors (Lipinski definition) is 4. The Balaban J connectivity index is 2.12. The second-order valence-electron chi connectivity index (χ2n) is 6.84. The van der Waals surface area contributed by atoms with Gasteiger partial charge in [0.25, 0.3) is 0 Å². The first kappa shape index (κ1) is 19.2.